The fraction of sp³-hybridized carbons (Fsp3) is 0.333. The van der Waals surface area contributed by atoms with Crippen molar-refractivity contribution in [3.8, 4) is 10.7 Å². The Morgan fingerprint density at radius 1 is 1.17 bits per heavy atom. The zero-order chi connectivity index (χ0) is 21.5. The number of rotatable bonds is 7. The highest BCUT2D eigenvalue weighted by Crippen LogP contribution is 2.37. The normalized spacial score (nSPS) is 14.9. The lowest BCUT2D eigenvalue weighted by Crippen LogP contribution is -2.32. The van der Waals surface area contributed by atoms with Crippen LogP contribution in [0, 0.1) is 0 Å². The molecule has 0 bridgehead atoms. The van der Waals surface area contributed by atoms with Gasteiger partial charge in [0.1, 0.15) is 0 Å². The van der Waals surface area contributed by atoms with Crippen LogP contribution in [0.25, 0.3) is 10.7 Å². The predicted molar refractivity (Wildman–Crippen MR) is 105 cm³/mol. The first kappa shape index (κ1) is 20.8. The number of aromatic nitrogens is 3. The molecule has 4 rings (SSSR count). The number of alkyl halides is 3. The van der Waals surface area contributed by atoms with Crippen molar-refractivity contribution >= 4 is 21.4 Å². The van der Waals surface area contributed by atoms with Crippen molar-refractivity contribution in [3.05, 3.63) is 57.8 Å². The first-order chi connectivity index (χ1) is 14.2. The lowest BCUT2D eigenvalue weighted by Gasteiger charge is -2.09. The van der Waals surface area contributed by atoms with Crippen LogP contribution in [0.5, 0.6) is 0 Å². The van der Waals surface area contributed by atoms with Crippen LogP contribution >= 0.6 is 11.3 Å². The van der Waals surface area contributed by atoms with Gasteiger partial charge in [-0.05, 0) is 48.6 Å². The summed E-state index contributed by atoms with van der Waals surface area (Å²) in [5, 5.41) is 6.25. The number of hydrogen-bond acceptors (Lipinski definition) is 5. The second kappa shape index (κ2) is 7.67. The van der Waals surface area contributed by atoms with Gasteiger partial charge in [-0.15, -0.1) is 16.4 Å². The highest BCUT2D eigenvalue weighted by Gasteiger charge is 2.31. The molecular weight excluding hydrogens is 441 g/mol. The van der Waals surface area contributed by atoms with E-state index >= 15 is 0 Å². The molecule has 1 aliphatic carbocycles. The van der Waals surface area contributed by atoms with Crippen molar-refractivity contribution in [2.75, 3.05) is 6.54 Å². The van der Waals surface area contributed by atoms with Gasteiger partial charge < -0.3 is 0 Å². The summed E-state index contributed by atoms with van der Waals surface area (Å²) in [4.78, 5) is 13.3. The third-order valence-electron chi connectivity index (χ3n) is 4.63. The lowest BCUT2D eigenvalue weighted by molar-refractivity contribution is -0.137. The maximum absolute atomic E-state index is 12.7. The van der Waals surface area contributed by atoms with E-state index in [2.05, 4.69) is 9.82 Å². The topological polar surface area (TPSA) is 86.0 Å². The minimum atomic E-state index is -4.54. The largest absolute Gasteiger partial charge is 0.416 e. The minimum absolute atomic E-state index is 0.00318. The summed E-state index contributed by atoms with van der Waals surface area (Å²) < 4.78 is 67.7. The molecule has 2 heterocycles. The maximum atomic E-state index is 12.7. The molecule has 0 unspecified atom stereocenters. The molecular formula is C18H17F3N4O3S2. The molecule has 0 radical (unpaired) electrons. The third-order valence-corrected chi connectivity index (χ3v) is 6.97. The van der Waals surface area contributed by atoms with Crippen LogP contribution in [-0.4, -0.2) is 29.3 Å². The molecule has 0 atom stereocenters. The van der Waals surface area contributed by atoms with Gasteiger partial charge in [-0.3, -0.25) is 4.57 Å². The zero-order valence-corrected chi connectivity index (χ0v) is 17.1. The van der Waals surface area contributed by atoms with Crippen LogP contribution < -0.4 is 10.4 Å². The maximum Gasteiger partial charge on any atom is 0.416 e. The third kappa shape index (κ3) is 4.20. The van der Waals surface area contributed by atoms with Crippen LogP contribution in [0.15, 0.2) is 51.5 Å². The quantitative estimate of drug-likeness (QED) is 0.590. The lowest BCUT2D eigenvalue weighted by atomic mass is 10.2. The summed E-state index contributed by atoms with van der Waals surface area (Å²) in [6.45, 7) is -0.133. The molecule has 0 aliphatic heterocycles. The Bertz CT molecular complexity index is 1190. The minimum Gasteiger partial charge on any atom is -0.271 e. The van der Waals surface area contributed by atoms with Gasteiger partial charge in [0.25, 0.3) is 0 Å². The van der Waals surface area contributed by atoms with Crippen molar-refractivity contribution < 1.29 is 21.6 Å². The summed E-state index contributed by atoms with van der Waals surface area (Å²) in [5.41, 5.74) is -1.24. The molecule has 1 saturated carbocycles. The van der Waals surface area contributed by atoms with E-state index in [-0.39, 0.29) is 29.7 Å². The first-order valence-electron chi connectivity index (χ1n) is 9.07. The number of nitrogens with zero attached hydrogens (tertiary/aromatic N) is 3. The number of sulfonamides is 1. The number of hydrogen-bond donors (Lipinski definition) is 1. The Kier molecular flexibility index (Phi) is 5.32. The summed E-state index contributed by atoms with van der Waals surface area (Å²) >= 11 is 1.46. The van der Waals surface area contributed by atoms with E-state index in [0.717, 1.165) is 29.9 Å². The molecule has 160 valence electrons. The first-order valence-corrected chi connectivity index (χ1v) is 11.4. The molecule has 3 aromatic rings. The molecule has 12 heteroatoms. The van der Waals surface area contributed by atoms with Crippen LogP contribution in [0.1, 0.15) is 24.4 Å². The van der Waals surface area contributed by atoms with Crippen LogP contribution in [0.3, 0.4) is 0 Å². The molecule has 7 nitrogen and oxygen atoms in total. The number of halogens is 3. The molecule has 0 amide bonds. The highest BCUT2D eigenvalue weighted by molar-refractivity contribution is 7.89. The average Bonchev–Trinajstić information content (AvgIpc) is 3.26. The van der Waals surface area contributed by atoms with Crippen molar-refractivity contribution in [3.63, 3.8) is 0 Å². The number of thiophene rings is 1. The van der Waals surface area contributed by atoms with Crippen molar-refractivity contribution in [2.24, 2.45) is 0 Å². The summed E-state index contributed by atoms with van der Waals surface area (Å²) in [6.07, 6.45) is -2.76. The van der Waals surface area contributed by atoms with Gasteiger partial charge in [-0.25, -0.2) is 22.6 Å². The highest BCUT2D eigenvalue weighted by atomic mass is 32.2. The summed E-state index contributed by atoms with van der Waals surface area (Å²) in [5.74, 6) is 0.558. The van der Waals surface area contributed by atoms with Crippen molar-refractivity contribution in [1.82, 2.24) is 19.1 Å². The molecule has 30 heavy (non-hydrogen) atoms. The molecule has 1 aliphatic rings. The monoisotopic (exact) mass is 458 g/mol. The van der Waals surface area contributed by atoms with Gasteiger partial charge >= 0.3 is 11.9 Å². The average molecular weight is 458 g/mol. The van der Waals surface area contributed by atoms with E-state index in [1.54, 1.807) is 4.57 Å². The fourth-order valence-electron chi connectivity index (χ4n) is 2.99. The van der Waals surface area contributed by atoms with Crippen LogP contribution in [0.4, 0.5) is 13.2 Å². The van der Waals surface area contributed by atoms with E-state index in [1.807, 2.05) is 17.5 Å². The van der Waals surface area contributed by atoms with E-state index in [0.29, 0.717) is 18.0 Å². The predicted octanol–water partition coefficient (Wildman–Crippen LogP) is 3.11. The Morgan fingerprint density at radius 3 is 2.43 bits per heavy atom. The van der Waals surface area contributed by atoms with E-state index in [4.69, 9.17) is 0 Å². The van der Waals surface area contributed by atoms with E-state index in [1.165, 1.54) is 16.0 Å². The molecule has 0 spiro atoms. The Hall–Kier alpha value is -2.44. The zero-order valence-electron chi connectivity index (χ0n) is 15.5. The second-order valence-corrected chi connectivity index (χ2v) is 9.54. The Labute approximate surface area is 173 Å². The van der Waals surface area contributed by atoms with Gasteiger partial charge in [0.05, 0.1) is 21.9 Å². The molecule has 1 fully saturated rings. The van der Waals surface area contributed by atoms with E-state index < -0.39 is 21.8 Å². The van der Waals surface area contributed by atoms with Gasteiger partial charge in [-0.1, -0.05) is 6.07 Å². The molecule has 1 aromatic carbocycles. The van der Waals surface area contributed by atoms with Crippen molar-refractivity contribution in [1.29, 1.82) is 0 Å². The number of benzene rings is 1. The van der Waals surface area contributed by atoms with Gasteiger partial charge in [0, 0.05) is 12.6 Å². The van der Waals surface area contributed by atoms with Crippen LogP contribution in [-0.2, 0) is 22.7 Å². The van der Waals surface area contributed by atoms with Crippen LogP contribution in [0.2, 0.25) is 0 Å². The summed E-state index contributed by atoms with van der Waals surface area (Å²) in [6, 6.07) is 7.05. The van der Waals surface area contributed by atoms with Gasteiger partial charge in [0.2, 0.25) is 10.0 Å². The second-order valence-electron chi connectivity index (χ2n) is 6.83. The van der Waals surface area contributed by atoms with Gasteiger partial charge in [-0.2, -0.15) is 13.2 Å². The van der Waals surface area contributed by atoms with E-state index in [9.17, 15) is 26.4 Å². The molecule has 2 aromatic heterocycles. The Balaban J connectivity index is 1.48. The smallest absolute Gasteiger partial charge is 0.271 e. The number of nitrogens with one attached hydrogen (secondary N) is 1. The Morgan fingerprint density at radius 2 is 1.87 bits per heavy atom. The SMILES string of the molecule is O=c1n(CCNS(=O)(=O)c2ccc(C(F)(F)F)cc2)nc(-c2cccs2)n1C1CC1. The molecule has 1 N–H and O–H groups in total. The standard InChI is InChI=1S/C18H17F3N4O3S2/c19-18(20,21)12-3-7-14(8-4-12)30(27,28)22-9-10-24-17(26)25(13-5-6-13)16(23-24)15-2-1-11-29-15/h1-4,7-8,11,13,22H,5-6,9-10H2. The van der Waals surface area contributed by atoms with Gasteiger partial charge in [0.15, 0.2) is 5.82 Å². The molecule has 0 saturated heterocycles. The summed E-state index contributed by atoms with van der Waals surface area (Å²) in [7, 11) is -4.02. The fourth-order valence-corrected chi connectivity index (χ4v) is 4.72. The van der Waals surface area contributed by atoms with Crippen molar-refractivity contribution in [2.45, 2.75) is 36.5 Å².